The molecule has 3 rings (SSSR count). The molecule has 152 valence electrons. The summed E-state index contributed by atoms with van der Waals surface area (Å²) in [7, 11) is 0. The molecular formula is C20H23N5O3S. The van der Waals surface area contributed by atoms with E-state index in [2.05, 4.69) is 15.0 Å². The number of hydrogen-bond donors (Lipinski definition) is 1. The molecule has 0 aliphatic heterocycles. The zero-order valence-corrected chi connectivity index (χ0v) is 17.6. The highest BCUT2D eigenvalue weighted by Crippen LogP contribution is 2.33. The maximum Gasteiger partial charge on any atom is 0.416 e. The molecule has 0 atom stereocenters. The number of carbonyl (C=O) groups excluding carboxylic acids is 1. The molecule has 0 fully saturated rings. The van der Waals surface area contributed by atoms with Gasteiger partial charge in [-0.2, -0.15) is 0 Å². The van der Waals surface area contributed by atoms with E-state index in [1.165, 1.54) is 28.6 Å². The van der Waals surface area contributed by atoms with Gasteiger partial charge in [-0.15, -0.1) is 0 Å². The van der Waals surface area contributed by atoms with E-state index in [-0.39, 0.29) is 6.01 Å². The van der Waals surface area contributed by atoms with E-state index in [4.69, 9.17) is 15.2 Å². The highest BCUT2D eigenvalue weighted by molar-refractivity contribution is 7.19. The Morgan fingerprint density at radius 1 is 1.10 bits per heavy atom. The molecular weight excluding hydrogens is 390 g/mol. The summed E-state index contributed by atoms with van der Waals surface area (Å²) in [5.74, 6) is 0.604. The van der Waals surface area contributed by atoms with Crippen LogP contribution in [0.1, 0.15) is 27.7 Å². The molecule has 2 heterocycles. The maximum atomic E-state index is 12.4. The Bertz CT molecular complexity index is 965. The van der Waals surface area contributed by atoms with Crippen molar-refractivity contribution in [2.75, 3.05) is 17.2 Å². The Balaban J connectivity index is 1.72. The fraction of sp³-hybridized carbons (Fsp3) is 0.300. The Hall–Kier alpha value is -3.20. The number of ether oxygens (including phenoxy) is 2. The van der Waals surface area contributed by atoms with Crippen molar-refractivity contribution in [1.29, 1.82) is 0 Å². The number of amides is 1. The number of nitrogen functional groups attached to an aromatic ring is 1. The average Bonchev–Trinajstić information content (AvgIpc) is 3.13. The topological polar surface area (TPSA) is 103 Å². The van der Waals surface area contributed by atoms with Gasteiger partial charge in [-0.25, -0.2) is 19.7 Å². The Morgan fingerprint density at radius 2 is 1.76 bits per heavy atom. The normalized spacial score (nSPS) is 11.2. The second-order valence-electron chi connectivity index (χ2n) is 7.16. The smallest absolute Gasteiger partial charge is 0.416 e. The number of thiazole rings is 1. The van der Waals surface area contributed by atoms with Crippen LogP contribution in [0.15, 0.2) is 42.9 Å². The van der Waals surface area contributed by atoms with Crippen LogP contribution in [0.4, 0.5) is 15.6 Å². The zero-order valence-electron chi connectivity index (χ0n) is 16.7. The van der Waals surface area contributed by atoms with E-state index < -0.39 is 11.7 Å². The molecule has 2 N–H and O–H groups in total. The molecule has 3 aromatic rings. The number of aromatic nitrogens is 3. The van der Waals surface area contributed by atoms with Gasteiger partial charge < -0.3 is 15.2 Å². The van der Waals surface area contributed by atoms with Gasteiger partial charge in [0.05, 0.1) is 23.0 Å². The molecule has 9 heteroatoms. The van der Waals surface area contributed by atoms with Gasteiger partial charge in [0.1, 0.15) is 11.4 Å². The van der Waals surface area contributed by atoms with Gasteiger partial charge in [0.25, 0.3) is 0 Å². The lowest BCUT2D eigenvalue weighted by Crippen LogP contribution is -2.36. The van der Waals surface area contributed by atoms with E-state index >= 15 is 0 Å². The van der Waals surface area contributed by atoms with Crippen LogP contribution < -0.4 is 15.4 Å². The minimum atomic E-state index is -0.561. The Kier molecular flexibility index (Phi) is 5.97. The summed E-state index contributed by atoms with van der Waals surface area (Å²) in [4.78, 5) is 27.3. The molecule has 0 saturated heterocycles. The van der Waals surface area contributed by atoms with Crippen LogP contribution in [0.5, 0.6) is 11.8 Å². The first-order chi connectivity index (χ1) is 13.7. The summed E-state index contributed by atoms with van der Waals surface area (Å²) in [6.45, 7) is 7.87. The first kappa shape index (κ1) is 20.5. The van der Waals surface area contributed by atoms with Crippen molar-refractivity contribution < 1.29 is 14.3 Å². The van der Waals surface area contributed by atoms with Crippen LogP contribution in [0.3, 0.4) is 0 Å². The molecule has 0 saturated carbocycles. The third-order valence-corrected chi connectivity index (χ3v) is 4.72. The van der Waals surface area contributed by atoms with E-state index in [1.807, 2.05) is 52.0 Å². The summed E-state index contributed by atoms with van der Waals surface area (Å²) in [6, 6.07) is 7.68. The summed E-state index contributed by atoms with van der Waals surface area (Å²) >= 11 is 1.42. The molecule has 8 nitrogen and oxygen atoms in total. The molecule has 1 amide bonds. The van der Waals surface area contributed by atoms with Crippen LogP contribution >= 0.6 is 11.3 Å². The highest BCUT2D eigenvalue weighted by Gasteiger charge is 2.24. The molecule has 0 aliphatic carbocycles. The van der Waals surface area contributed by atoms with Crippen molar-refractivity contribution in [2.45, 2.75) is 33.3 Å². The van der Waals surface area contributed by atoms with Crippen molar-refractivity contribution >= 4 is 28.2 Å². The molecule has 2 aromatic heterocycles. The fourth-order valence-corrected chi connectivity index (χ4v) is 3.33. The van der Waals surface area contributed by atoms with Crippen LogP contribution in [0, 0.1) is 0 Å². The Morgan fingerprint density at radius 3 is 2.34 bits per heavy atom. The van der Waals surface area contributed by atoms with E-state index in [9.17, 15) is 4.79 Å². The van der Waals surface area contributed by atoms with Crippen LogP contribution in [0.25, 0.3) is 10.4 Å². The maximum absolute atomic E-state index is 12.4. The quantitative estimate of drug-likeness (QED) is 0.644. The summed E-state index contributed by atoms with van der Waals surface area (Å²) < 4.78 is 11.1. The van der Waals surface area contributed by atoms with E-state index in [1.54, 1.807) is 6.20 Å². The van der Waals surface area contributed by atoms with Crippen LogP contribution in [-0.4, -0.2) is 33.2 Å². The van der Waals surface area contributed by atoms with Crippen molar-refractivity contribution in [1.82, 2.24) is 15.0 Å². The van der Waals surface area contributed by atoms with Crippen molar-refractivity contribution in [3.63, 3.8) is 0 Å². The first-order valence-corrected chi connectivity index (χ1v) is 9.89. The molecule has 0 unspecified atom stereocenters. The SMILES string of the molecule is CCN(C(=O)OC(C)(C)C)c1ncc(-c2ccc(Oc3ncc(N)cn3)cc2)s1. The number of benzene rings is 1. The lowest BCUT2D eigenvalue weighted by Gasteiger charge is -2.24. The van der Waals surface area contributed by atoms with Gasteiger partial charge in [0.15, 0.2) is 5.13 Å². The zero-order chi connectivity index (χ0) is 21.0. The second kappa shape index (κ2) is 8.44. The molecule has 0 radical (unpaired) electrons. The van der Waals surface area contributed by atoms with E-state index in [0.29, 0.717) is 23.1 Å². The number of anilines is 2. The number of hydrogen-bond acceptors (Lipinski definition) is 8. The monoisotopic (exact) mass is 413 g/mol. The highest BCUT2D eigenvalue weighted by atomic mass is 32.1. The fourth-order valence-electron chi connectivity index (χ4n) is 2.35. The summed E-state index contributed by atoms with van der Waals surface area (Å²) in [5.41, 5.74) is 6.44. The third-order valence-electron chi connectivity index (χ3n) is 3.65. The molecule has 0 bridgehead atoms. The lowest BCUT2D eigenvalue weighted by molar-refractivity contribution is 0.0582. The van der Waals surface area contributed by atoms with Gasteiger partial charge >= 0.3 is 12.1 Å². The largest absolute Gasteiger partial charge is 0.443 e. The number of carbonyl (C=O) groups is 1. The molecule has 29 heavy (non-hydrogen) atoms. The van der Waals surface area contributed by atoms with Crippen molar-refractivity contribution in [3.8, 4) is 22.2 Å². The van der Waals surface area contributed by atoms with Crippen LogP contribution in [0.2, 0.25) is 0 Å². The summed E-state index contributed by atoms with van der Waals surface area (Å²) in [5, 5.41) is 0.590. The number of nitrogens with two attached hydrogens (primary N) is 1. The van der Waals surface area contributed by atoms with E-state index in [0.717, 1.165) is 10.4 Å². The predicted molar refractivity (Wildman–Crippen MR) is 113 cm³/mol. The second-order valence-corrected chi connectivity index (χ2v) is 8.17. The van der Waals surface area contributed by atoms with Gasteiger partial charge in [0, 0.05) is 12.7 Å². The Labute approximate surface area is 173 Å². The van der Waals surface area contributed by atoms with Gasteiger partial charge in [-0.1, -0.05) is 11.3 Å². The van der Waals surface area contributed by atoms with Gasteiger partial charge in [0.2, 0.25) is 0 Å². The predicted octanol–water partition coefficient (Wildman–Crippen LogP) is 4.74. The third kappa shape index (κ3) is 5.41. The minimum absolute atomic E-state index is 0.225. The van der Waals surface area contributed by atoms with Crippen molar-refractivity contribution in [2.24, 2.45) is 0 Å². The average molecular weight is 414 g/mol. The lowest BCUT2D eigenvalue weighted by atomic mass is 10.2. The van der Waals surface area contributed by atoms with Gasteiger partial charge in [-0.3, -0.25) is 4.90 Å². The molecule has 0 spiro atoms. The number of nitrogens with zero attached hydrogens (tertiary/aromatic N) is 4. The molecule has 1 aromatic carbocycles. The van der Waals surface area contributed by atoms with Gasteiger partial charge in [-0.05, 0) is 57.5 Å². The standard InChI is InChI=1S/C20H23N5O3S/c1-5-25(19(26)28-20(2,3)4)18-24-12-16(29-18)13-6-8-15(9-7-13)27-17-22-10-14(21)11-23-17/h6-12H,5,21H2,1-4H3. The first-order valence-electron chi connectivity index (χ1n) is 9.07. The van der Waals surface area contributed by atoms with Crippen LogP contribution in [-0.2, 0) is 4.74 Å². The van der Waals surface area contributed by atoms with Crippen molar-refractivity contribution in [3.05, 3.63) is 42.9 Å². The summed E-state index contributed by atoms with van der Waals surface area (Å²) in [6.07, 6.45) is 4.30. The molecule has 0 aliphatic rings. The number of rotatable bonds is 5. The minimum Gasteiger partial charge on any atom is -0.443 e.